The third kappa shape index (κ3) is 5.13. The van der Waals surface area contributed by atoms with Crippen LogP contribution < -0.4 is 0 Å². The zero-order valence-electron chi connectivity index (χ0n) is 14.5. The van der Waals surface area contributed by atoms with Crippen molar-refractivity contribution in [3.05, 3.63) is 69.8 Å². The van der Waals surface area contributed by atoms with Gasteiger partial charge in [-0.1, -0.05) is 40.2 Å². The van der Waals surface area contributed by atoms with Crippen LogP contribution in [0.3, 0.4) is 0 Å². The molecule has 2 N–H and O–H groups in total. The fraction of sp³-hybridized carbons (Fsp3) is 0.158. The summed E-state index contributed by atoms with van der Waals surface area (Å²) in [6, 6.07) is 15.5. The van der Waals surface area contributed by atoms with Crippen molar-refractivity contribution in [3.8, 4) is 0 Å². The average Bonchev–Trinajstić information content (AvgIpc) is 2.97. The number of para-hydroxylation sites is 1. The molecule has 0 bridgehead atoms. The van der Waals surface area contributed by atoms with E-state index >= 15 is 0 Å². The maximum absolute atomic E-state index is 11.5. The van der Waals surface area contributed by atoms with Crippen LogP contribution >= 0.6 is 15.9 Å². The summed E-state index contributed by atoms with van der Waals surface area (Å²) in [6.07, 6.45) is -5.08. The number of benzene rings is 2. The zero-order chi connectivity index (χ0) is 21.1. The molecule has 0 amide bonds. The van der Waals surface area contributed by atoms with Gasteiger partial charge in [0.05, 0.1) is 0 Å². The van der Waals surface area contributed by atoms with E-state index in [1.807, 2.05) is 54.0 Å². The number of nitrogens with zero attached hydrogens (tertiary/aromatic N) is 1. The van der Waals surface area contributed by atoms with Gasteiger partial charge in [-0.3, -0.25) is 0 Å². The van der Waals surface area contributed by atoms with Gasteiger partial charge in [0, 0.05) is 21.9 Å². The summed E-state index contributed by atoms with van der Waals surface area (Å²) in [6.45, 7) is 2.58. The predicted molar refractivity (Wildman–Crippen MR) is 101 cm³/mol. The second-order valence-electron chi connectivity index (χ2n) is 5.85. The lowest BCUT2D eigenvalue weighted by Crippen LogP contribution is -2.21. The number of aromatic nitrogens is 1. The number of halogens is 4. The zero-order valence-corrected chi connectivity index (χ0v) is 16.1. The highest BCUT2D eigenvalue weighted by atomic mass is 79.9. The Labute approximate surface area is 166 Å². The lowest BCUT2D eigenvalue weighted by Gasteiger charge is -2.11. The predicted octanol–water partition coefficient (Wildman–Crippen LogP) is 5.09. The Kier molecular flexibility index (Phi) is 6.50. The molecule has 3 aromatic rings. The van der Waals surface area contributed by atoms with Gasteiger partial charge in [-0.2, -0.15) is 13.2 Å². The van der Waals surface area contributed by atoms with Crippen LogP contribution in [-0.4, -0.2) is 32.9 Å². The molecular weight excluding hydrogens is 443 g/mol. The third-order valence-electron chi connectivity index (χ3n) is 3.91. The molecule has 0 aliphatic rings. The Hall–Kier alpha value is -2.81. The molecule has 0 fully saturated rings. The van der Waals surface area contributed by atoms with Crippen molar-refractivity contribution in [3.63, 3.8) is 0 Å². The molecule has 28 heavy (non-hydrogen) atoms. The highest BCUT2D eigenvalue weighted by Crippen LogP contribution is 2.24. The smallest absolute Gasteiger partial charge is 0.477 e. The first-order chi connectivity index (χ1) is 13.0. The van der Waals surface area contributed by atoms with Crippen LogP contribution in [0.2, 0.25) is 0 Å². The molecule has 0 saturated carbocycles. The van der Waals surface area contributed by atoms with Crippen molar-refractivity contribution < 1.29 is 33.0 Å². The number of aliphatic carboxylic acids is 1. The summed E-state index contributed by atoms with van der Waals surface area (Å²) in [5.74, 6) is -3.66. The number of hydrogen-bond acceptors (Lipinski definition) is 2. The topological polar surface area (TPSA) is 79.5 Å². The van der Waals surface area contributed by atoms with Crippen LogP contribution in [0.4, 0.5) is 13.2 Å². The number of carboxylic acids is 2. The van der Waals surface area contributed by atoms with Gasteiger partial charge in [0.1, 0.15) is 5.69 Å². The Bertz CT molecular complexity index is 1030. The molecule has 0 saturated heterocycles. The third-order valence-corrected chi connectivity index (χ3v) is 4.41. The van der Waals surface area contributed by atoms with Gasteiger partial charge in [0.2, 0.25) is 0 Å². The molecule has 0 aliphatic carbocycles. The number of hydrogen-bond donors (Lipinski definition) is 2. The summed E-state index contributed by atoms with van der Waals surface area (Å²) >= 11 is 3.47. The molecule has 0 radical (unpaired) electrons. The lowest BCUT2D eigenvalue weighted by molar-refractivity contribution is -0.192. The van der Waals surface area contributed by atoms with Crippen molar-refractivity contribution in [2.75, 3.05) is 0 Å². The van der Waals surface area contributed by atoms with Crippen LogP contribution in [0.15, 0.2) is 53.0 Å². The second kappa shape index (κ2) is 8.47. The van der Waals surface area contributed by atoms with E-state index in [1.54, 1.807) is 6.07 Å². The summed E-state index contributed by atoms with van der Waals surface area (Å²) < 4.78 is 34.6. The Balaban J connectivity index is 0.000000345. The highest BCUT2D eigenvalue weighted by Gasteiger charge is 2.38. The van der Waals surface area contributed by atoms with Gasteiger partial charge in [-0.05, 0) is 42.3 Å². The molecule has 0 spiro atoms. The van der Waals surface area contributed by atoms with E-state index in [0.29, 0.717) is 12.2 Å². The van der Waals surface area contributed by atoms with Gasteiger partial charge in [-0.15, -0.1) is 0 Å². The largest absolute Gasteiger partial charge is 0.490 e. The van der Waals surface area contributed by atoms with Crippen molar-refractivity contribution in [2.45, 2.75) is 19.6 Å². The van der Waals surface area contributed by atoms with E-state index in [1.165, 1.54) is 0 Å². The highest BCUT2D eigenvalue weighted by molar-refractivity contribution is 9.10. The van der Waals surface area contributed by atoms with Crippen LogP contribution in [-0.2, 0) is 11.3 Å². The Morgan fingerprint density at radius 3 is 2.25 bits per heavy atom. The van der Waals surface area contributed by atoms with E-state index in [0.717, 1.165) is 26.5 Å². The van der Waals surface area contributed by atoms with Crippen molar-refractivity contribution in [2.24, 2.45) is 0 Å². The number of carbonyl (C=O) groups is 2. The number of carboxylic acid groups (broad SMARTS) is 2. The molecule has 9 heteroatoms. The number of alkyl halides is 3. The molecule has 0 atom stereocenters. The Morgan fingerprint density at radius 1 is 1.07 bits per heavy atom. The molecule has 3 rings (SSSR count). The minimum absolute atomic E-state index is 0.315. The number of fused-ring (bicyclic) bond motifs is 1. The van der Waals surface area contributed by atoms with E-state index in [4.69, 9.17) is 9.90 Å². The first-order valence-corrected chi connectivity index (χ1v) is 8.66. The molecule has 148 valence electrons. The summed E-state index contributed by atoms with van der Waals surface area (Å²) in [7, 11) is 0. The summed E-state index contributed by atoms with van der Waals surface area (Å²) in [5.41, 5.74) is 3.50. The van der Waals surface area contributed by atoms with Crippen LogP contribution in [0.25, 0.3) is 10.9 Å². The average molecular weight is 458 g/mol. The van der Waals surface area contributed by atoms with Crippen LogP contribution in [0.5, 0.6) is 0 Å². The minimum Gasteiger partial charge on any atom is -0.477 e. The first kappa shape index (κ1) is 21.5. The lowest BCUT2D eigenvalue weighted by atomic mass is 10.1. The second-order valence-corrected chi connectivity index (χ2v) is 6.77. The van der Waals surface area contributed by atoms with E-state index in [-0.39, 0.29) is 0 Å². The van der Waals surface area contributed by atoms with Crippen LogP contribution in [0.1, 0.15) is 21.6 Å². The summed E-state index contributed by atoms with van der Waals surface area (Å²) in [5, 5.41) is 17.5. The maximum atomic E-state index is 11.5. The molecular formula is C19H15BrF3NO4. The van der Waals surface area contributed by atoms with Crippen molar-refractivity contribution in [1.29, 1.82) is 0 Å². The van der Waals surface area contributed by atoms with E-state index < -0.39 is 18.1 Å². The van der Waals surface area contributed by atoms with Crippen molar-refractivity contribution in [1.82, 2.24) is 4.57 Å². The fourth-order valence-electron chi connectivity index (χ4n) is 2.54. The van der Waals surface area contributed by atoms with Gasteiger partial charge in [-0.25, -0.2) is 9.59 Å². The molecule has 1 aromatic heterocycles. The van der Waals surface area contributed by atoms with Gasteiger partial charge in [0.15, 0.2) is 0 Å². The normalized spacial score (nSPS) is 11.0. The quantitative estimate of drug-likeness (QED) is 0.573. The SMILES string of the molecule is Cc1ccc(Br)cc1Cn1c(C(=O)O)cc2ccccc21.O=C(O)C(F)(F)F. The fourth-order valence-corrected chi connectivity index (χ4v) is 2.95. The van der Waals surface area contributed by atoms with Gasteiger partial charge >= 0.3 is 18.1 Å². The minimum atomic E-state index is -5.08. The number of aromatic carboxylic acids is 1. The van der Waals surface area contributed by atoms with E-state index in [2.05, 4.69) is 15.9 Å². The molecule has 5 nitrogen and oxygen atoms in total. The summed E-state index contributed by atoms with van der Waals surface area (Å²) in [4.78, 5) is 20.4. The van der Waals surface area contributed by atoms with Crippen LogP contribution in [0, 0.1) is 6.92 Å². The standard InChI is InChI=1S/C17H14BrNO2.C2HF3O2/c1-11-6-7-14(18)8-13(11)10-19-15-5-3-2-4-12(15)9-16(19)17(20)21;3-2(4,5)1(6)7/h2-9H,10H2,1H3,(H,20,21);(H,6,7). The van der Waals surface area contributed by atoms with Crippen molar-refractivity contribution >= 4 is 38.8 Å². The number of aryl methyl sites for hydroxylation is 1. The molecule has 1 heterocycles. The maximum Gasteiger partial charge on any atom is 0.490 e. The molecule has 2 aromatic carbocycles. The monoisotopic (exact) mass is 457 g/mol. The Morgan fingerprint density at radius 2 is 1.68 bits per heavy atom. The van der Waals surface area contributed by atoms with Gasteiger partial charge < -0.3 is 14.8 Å². The molecule has 0 unspecified atom stereocenters. The molecule has 0 aliphatic heterocycles. The number of rotatable bonds is 3. The first-order valence-electron chi connectivity index (χ1n) is 7.87. The van der Waals surface area contributed by atoms with E-state index in [9.17, 15) is 23.1 Å². The van der Waals surface area contributed by atoms with Gasteiger partial charge in [0.25, 0.3) is 0 Å².